The Balaban J connectivity index is 0.00000176. The number of hydrogen-bond donors (Lipinski definition) is 0. The molecule has 2 aromatic heterocycles. The van der Waals surface area contributed by atoms with E-state index in [4.69, 9.17) is 0 Å². The van der Waals surface area contributed by atoms with Crippen LogP contribution in [-0.2, 0) is 13.6 Å². The normalized spacial score (nSPS) is 10.7. The number of para-hydroxylation sites is 1. The van der Waals surface area contributed by atoms with Crippen molar-refractivity contribution in [3.05, 3.63) is 53.7 Å². The van der Waals surface area contributed by atoms with E-state index in [0.717, 1.165) is 28.0 Å². The van der Waals surface area contributed by atoms with E-state index >= 15 is 0 Å². The Kier molecular flexibility index (Phi) is 4.71. The van der Waals surface area contributed by atoms with Crippen LogP contribution in [0.5, 0.6) is 0 Å². The minimum atomic E-state index is 0. The number of fused-ring (bicyclic) bond motifs is 1. The SMILES string of the molecule is Cc1nccn1CCC(=O)c1c(C)n(C)c2ccccc12.Cl. The van der Waals surface area contributed by atoms with Crippen LogP contribution in [0.3, 0.4) is 0 Å². The molecule has 0 atom stereocenters. The first-order valence-corrected chi connectivity index (χ1v) is 7.14. The van der Waals surface area contributed by atoms with E-state index < -0.39 is 0 Å². The summed E-state index contributed by atoms with van der Waals surface area (Å²) in [6.07, 6.45) is 4.17. The van der Waals surface area contributed by atoms with Crippen molar-refractivity contribution in [2.45, 2.75) is 26.8 Å². The Labute approximate surface area is 136 Å². The molecule has 1 aromatic carbocycles. The van der Waals surface area contributed by atoms with Crippen molar-refractivity contribution >= 4 is 29.1 Å². The van der Waals surface area contributed by atoms with Gasteiger partial charge in [0, 0.05) is 54.6 Å². The molecular formula is C17H20ClN3O. The number of Topliss-reactive ketones (excluding diaryl/α,β-unsaturated/α-hetero) is 1. The molecule has 116 valence electrons. The third kappa shape index (κ3) is 2.66. The van der Waals surface area contributed by atoms with Gasteiger partial charge in [-0.2, -0.15) is 0 Å². The maximum absolute atomic E-state index is 12.7. The van der Waals surface area contributed by atoms with Gasteiger partial charge < -0.3 is 9.13 Å². The van der Waals surface area contributed by atoms with Crippen LogP contribution in [0.2, 0.25) is 0 Å². The highest BCUT2D eigenvalue weighted by Gasteiger charge is 2.17. The van der Waals surface area contributed by atoms with Crippen LogP contribution in [0.4, 0.5) is 0 Å². The minimum absolute atomic E-state index is 0. The molecule has 0 spiro atoms. The Morgan fingerprint density at radius 3 is 2.64 bits per heavy atom. The fourth-order valence-electron chi connectivity index (χ4n) is 2.86. The van der Waals surface area contributed by atoms with Crippen molar-refractivity contribution < 1.29 is 4.79 Å². The maximum atomic E-state index is 12.7. The van der Waals surface area contributed by atoms with E-state index in [0.29, 0.717) is 13.0 Å². The Morgan fingerprint density at radius 1 is 1.23 bits per heavy atom. The zero-order chi connectivity index (χ0) is 15.0. The molecule has 0 bridgehead atoms. The second-order valence-electron chi connectivity index (χ2n) is 5.38. The van der Waals surface area contributed by atoms with Crippen LogP contribution >= 0.6 is 12.4 Å². The number of nitrogens with zero attached hydrogens (tertiary/aromatic N) is 3. The Hall–Kier alpha value is -2.07. The lowest BCUT2D eigenvalue weighted by atomic mass is 10.0. The predicted octanol–water partition coefficient (Wildman–Crippen LogP) is 3.69. The van der Waals surface area contributed by atoms with Crippen molar-refractivity contribution in [3.63, 3.8) is 0 Å². The number of ketones is 1. The fraction of sp³-hybridized carbons (Fsp3) is 0.294. The molecule has 0 aliphatic carbocycles. The molecule has 0 aliphatic heterocycles. The second-order valence-corrected chi connectivity index (χ2v) is 5.38. The Bertz CT molecular complexity index is 817. The lowest BCUT2D eigenvalue weighted by molar-refractivity contribution is 0.0977. The average molecular weight is 318 g/mol. The average Bonchev–Trinajstić information content (AvgIpc) is 3.00. The van der Waals surface area contributed by atoms with E-state index in [2.05, 4.69) is 15.6 Å². The number of imidazole rings is 1. The highest BCUT2D eigenvalue weighted by molar-refractivity contribution is 6.09. The molecule has 0 amide bonds. The first-order chi connectivity index (χ1) is 10.1. The van der Waals surface area contributed by atoms with Gasteiger partial charge >= 0.3 is 0 Å². The summed E-state index contributed by atoms with van der Waals surface area (Å²) in [5, 5.41) is 1.05. The lowest BCUT2D eigenvalue weighted by Crippen LogP contribution is -2.08. The van der Waals surface area contributed by atoms with E-state index in [1.807, 2.05) is 49.9 Å². The zero-order valence-corrected chi connectivity index (χ0v) is 13.9. The molecule has 0 aliphatic rings. The largest absolute Gasteiger partial charge is 0.347 e. The van der Waals surface area contributed by atoms with Gasteiger partial charge in [-0.05, 0) is 19.9 Å². The first-order valence-electron chi connectivity index (χ1n) is 7.14. The van der Waals surface area contributed by atoms with Gasteiger partial charge in [-0.1, -0.05) is 18.2 Å². The van der Waals surface area contributed by atoms with Crippen LogP contribution in [-0.4, -0.2) is 19.9 Å². The molecule has 0 radical (unpaired) electrons. The summed E-state index contributed by atoms with van der Waals surface area (Å²) in [4.78, 5) is 16.8. The first kappa shape index (κ1) is 16.3. The topological polar surface area (TPSA) is 39.8 Å². The molecule has 0 saturated carbocycles. The molecule has 3 rings (SSSR count). The van der Waals surface area contributed by atoms with E-state index in [-0.39, 0.29) is 18.2 Å². The molecule has 3 aromatic rings. The summed E-state index contributed by atoms with van der Waals surface area (Å²) in [6, 6.07) is 8.07. The van der Waals surface area contributed by atoms with Gasteiger partial charge in [0.25, 0.3) is 0 Å². The quantitative estimate of drug-likeness (QED) is 0.689. The van der Waals surface area contributed by atoms with Crippen molar-refractivity contribution in [2.24, 2.45) is 7.05 Å². The smallest absolute Gasteiger partial charge is 0.167 e. The number of hydrogen-bond acceptors (Lipinski definition) is 2. The summed E-state index contributed by atoms with van der Waals surface area (Å²) in [7, 11) is 2.01. The summed E-state index contributed by atoms with van der Waals surface area (Å²) >= 11 is 0. The maximum Gasteiger partial charge on any atom is 0.167 e. The second kappa shape index (κ2) is 6.36. The number of rotatable bonds is 4. The summed E-state index contributed by atoms with van der Waals surface area (Å²) in [5.41, 5.74) is 2.99. The molecule has 4 nitrogen and oxygen atoms in total. The highest BCUT2D eigenvalue weighted by Crippen LogP contribution is 2.26. The molecule has 2 heterocycles. The Morgan fingerprint density at radius 2 is 1.95 bits per heavy atom. The van der Waals surface area contributed by atoms with Gasteiger partial charge in [0.2, 0.25) is 0 Å². The van der Waals surface area contributed by atoms with Crippen molar-refractivity contribution in [1.82, 2.24) is 14.1 Å². The number of carbonyl (C=O) groups is 1. The van der Waals surface area contributed by atoms with Gasteiger partial charge in [-0.15, -0.1) is 12.4 Å². The number of carbonyl (C=O) groups excluding carboxylic acids is 1. The van der Waals surface area contributed by atoms with Crippen LogP contribution in [0.25, 0.3) is 10.9 Å². The monoisotopic (exact) mass is 317 g/mol. The molecule has 0 fully saturated rings. The predicted molar refractivity (Wildman–Crippen MR) is 90.8 cm³/mol. The third-order valence-electron chi connectivity index (χ3n) is 4.18. The summed E-state index contributed by atoms with van der Waals surface area (Å²) < 4.78 is 4.10. The standard InChI is InChI=1S/C17H19N3O.ClH/c1-12-17(14-6-4-5-7-15(14)19(12)3)16(21)8-10-20-11-9-18-13(20)2;/h4-7,9,11H,8,10H2,1-3H3;1H. The zero-order valence-electron chi connectivity index (χ0n) is 13.0. The molecule has 22 heavy (non-hydrogen) atoms. The third-order valence-corrected chi connectivity index (χ3v) is 4.18. The van der Waals surface area contributed by atoms with Crippen molar-refractivity contribution in [3.8, 4) is 0 Å². The van der Waals surface area contributed by atoms with Crippen molar-refractivity contribution in [1.29, 1.82) is 0 Å². The van der Waals surface area contributed by atoms with Crippen LogP contribution in [0.15, 0.2) is 36.7 Å². The van der Waals surface area contributed by atoms with E-state index in [9.17, 15) is 4.79 Å². The fourth-order valence-corrected chi connectivity index (χ4v) is 2.86. The van der Waals surface area contributed by atoms with Gasteiger partial charge in [0.15, 0.2) is 5.78 Å². The minimum Gasteiger partial charge on any atom is -0.347 e. The molecular weight excluding hydrogens is 298 g/mol. The number of aryl methyl sites for hydroxylation is 3. The van der Waals surface area contributed by atoms with E-state index in [1.165, 1.54) is 0 Å². The molecule has 0 unspecified atom stereocenters. The van der Waals surface area contributed by atoms with Crippen LogP contribution in [0, 0.1) is 13.8 Å². The van der Waals surface area contributed by atoms with Gasteiger partial charge in [0.05, 0.1) is 0 Å². The number of aromatic nitrogens is 3. The van der Waals surface area contributed by atoms with Crippen LogP contribution in [0.1, 0.15) is 28.3 Å². The lowest BCUT2D eigenvalue weighted by Gasteiger charge is -2.05. The van der Waals surface area contributed by atoms with Crippen LogP contribution < -0.4 is 0 Å². The van der Waals surface area contributed by atoms with E-state index in [1.54, 1.807) is 6.20 Å². The number of benzene rings is 1. The van der Waals surface area contributed by atoms with Gasteiger partial charge in [0.1, 0.15) is 5.82 Å². The molecule has 0 N–H and O–H groups in total. The molecule has 5 heteroatoms. The van der Waals surface area contributed by atoms with Crippen molar-refractivity contribution in [2.75, 3.05) is 0 Å². The highest BCUT2D eigenvalue weighted by atomic mass is 35.5. The van der Waals surface area contributed by atoms with Gasteiger partial charge in [-0.3, -0.25) is 4.79 Å². The number of halogens is 1. The van der Waals surface area contributed by atoms with Gasteiger partial charge in [-0.25, -0.2) is 4.98 Å². The summed E-state index contributed by atoms with van der Waals surface area (Å²) in [6.45, 7) is 4.64. The molecule has 0 saturated heterocycles. The summed E-state index contributed by atoms with van der Waals surface area (Å²) in [5.74, 6) is 1.13.